The van der Waals surface area contributed by atoms with Crippen LogP contribution in [0, 0.1) is 12.8 Å². The third kappa shape index (κ3) is 5.58. The van der Waals surface area contributed by atoms with Crippen LogP contribution in [0.15, 0.2) is 35.1 Å². The van der Waals surface area contributed by atoms with Gasteiger partial charge in [-0.25, -0.2) is 4.98 Å². The van der Waals surface area contributed by atoms with Crippen LogP contribution in [0.5, 0.6) is 0 Å². The fraction of sp³-hybridized carbons (Fsp3) is 0.353. The molecule has 25 heavy (non-hydrogen) atoms. The van der Waals surface area contributed by atoms with Crippen molar-refractivity contribution in [2.75, 3.05) is 11.9 Å². The maximum Gasteiger partial charge on any atom is 0.243 e. The molecule has 7 nitrogen and oxygen atoms in total. The summed E-state index contributed by atoms with van der Waals surface area (Å²) in [4.78, 5) is 27.9. The number of halogens is 1. The summed E-state index contributed by atoms with van der Waals surface area (Å²) < 4.78 is 5.29. The molecule has 0 saturated carbocycles. The van der Waals surface area contributed by atoms with Crippen LogP contribution < -0.4 is 16.4 Å². The Morgan fingerprint density at radius 1 is 1.32 bits per heavy atom. The van der Waals surface area contributed by atoms with Gasteiger partial charge in [0, 0.05) is 11.3 Å². The van der Waals surface area contributed by atoms with Crippen molar-refractivity contribution in [3.05, 3.63) is 36.2 Å². The molecule has 2 amide bonds. The van der Waals surface area contributed by atoms with Crippen molar-refractivity contribution in [3.63, 3.8) is 0 Å². The van der Waals surface area contributed by atoms with Crippen molar-refractivity contribution in [2.24, 2.45) is 11.7 Å². The first kappa shape index (κ1) is 20.7. The average Bonchev–Trinajstić information content (AvgIpc) is 3.07. The van der Waals surface area contributed by atoms with Crippen molar-refractivity contribution in [1.82, 2.24) is 10.3 Å². The van der Waals surface area contributed by atoms with E-state index >= 15 is 0 Å². The number of nitrogens with zero attached hydrogens (tertiary/aromatic N) is 1. The molecular formula is C17H23ClN4O3. The zero-order chi connectivity index (χ0) is 17.7. The van der Waals surface area contributed by atoms with Crippen molar-refractivity contribution in [1.29, 1.82) is 0 Å². The lowest BCUT2D eigenvalue weighted by Gasteiger charge is -2.15. The van der Waals surface area contributed by atoms with E-state index in [1.54, 1.807) is 18.3 Å². The van der Waals surface area contributed by atoms with Crippen LogP contribution >= 0.6 is 12.4 Å². The van der Waals surface area contributed by atoms with Gasteiger partial charge in [0.2, 0.25) is 17.7 Å². The standard InChI is InChI=1S/C17H22N4O3.ClH/c1-10(2)15(18)16(23)20-9-14(22)21-12-5-4-11(3)13(8-12)17-19-6-7-24-17;/h4-8,10,15H,9,18H2,1-3H3,(H,20,23)(H,21,22);1H/t15-;/m0./s1. The Morgan fingerprint density at radius 3 is 2.64 bits per heavy atom. The molecule has 0 fully saturated rings. The van der Waals surface area contributed by atoms with Gasteiger partial charge in [-0.3, -0.25) is 9.59 Å². The van der Waals surface area contributed by atoms with Gasteiger partial charge in [0.05, 0.1) is 18.8 Å². The van der Waals surface area contributed by atoms with E-state index in [0.717, 1.165) is 11.1 Å². The third-order valence-corrected chi connectivity index (χ3v) is 3.63. The first-order valence-corrected chi connectivity index (χ1v) is 7.72. The largest absolute Gasteiger partial charge is 0.445 e. The normalized spacial score (nSPS) is 11.6. The first-order valence-electron chi connectivity index (χ1n) is 7.72. The van der Waals surface area contributed by atoms with E-state index in [4.69, 9.17) is 10.2 Å². The topological polar surface area (TPSA) is 110 Å². The van der Waals surface area contributed by atoms with Crippen molar-refractivity contribution in [2.45, 2.75) is 26.8 Å². The number of carbonyl (C=O) groups is 2. The van der Waals surface area contributed by atoms with Crippen LogP contribution in [0.4, 0.5) is 5.69 Å². The molecule has 1 aromatic carbocycles. The Labute approximate surface area is 152 Å². The Bertz CT molecular complexity index is 717. The number of hydrogen-bond acceptors (Lipinski definition) is 5. The summed E-state index contributed by atoms with van der Waals surface area (Å²) in [6.45, 7) is 5.49. The molecule has 0 aliphatic heterocycles. The smallest absolute Gasteiger partial charge is 0.243 e. The van der Waals surface area contributed by atoms with E-state index < -0.39 is 6.04 Å². The zero-order valence-electron chi connectivity index (χ0n) is 14.4. The number of anilines is 1. The summed E-state index contributed by atoms with van der Waals surface area (Å²) in [6.07, 6.45) is 3.06. The van der Waals surface area contributed by atoms with Gasteiger partial charge in [-0.1, -0.05) is 19.9 Å². The van der Waals surface area contributed by atoms with Gasteiger partial charge in [-0.05, 0) is 30.5 Å². The van der Waals surface area contributed by atoms with Crippen LogP contribution in [-0.2, 0) is 9.59 Å². The van der Waals surface area contributed by atoms with Crippen LogP contribution in [0.3, 0.4) is 0 Å². The number of rotatable bonds is 6. The fourth-order valence-electron chi connectivity index (χ4n) is 2.08. The summed E-state index contributed by atoms with van der Waals surface area (Å²) in [5.41, 5.74) is 8.10. The Hall–Kier alpha value is -2.38. The molecule has 1 heterocycles. The van der Waals surface area contributed by atoms with Crippen molar-refractivity contribution >= 4 is 29.9 Å². The number of nitrogens with two attached hydrogens (primary N) is 1. The molecule has 0 radical (unpaired) electrons. The summed E-state index contributed by atoms with van der Waals surface area (Å²) in [5, 5.41) is 5.26. The second kappa shape index (κ2) is 9.19. The lowest BCUT2D eigenvalue weighted by molar-refractivity contribution is -0.125. The second-order valence-corrected chi connectivity index (χ2v) is 5.90. The molecule has 0 bridgehead atoms. The molecule has 0 unspecified atom stereocenters. The maximum absolute atomic E-state index is 12.0. The van der Waals surface area contributed by atoms with Gasteiger partial charge in [0.25, 0.3) is 0 Å². The Balaban J connectivity index is 0.00000312. The summed E-state index contributed by atoms with van der Waals surface area (Å²) in [6, 6.07) is 4.79. The lowest BCUT2D eigenvalue weighted by atomic mass is 10.1. The van der Waals surface area contributed by atoms with Gasteiger partial charge in [-0.2, -0.15) is 0 Å². The van der Waals surface area contributed by atoms with Crippen LogP contribution in [0.2, 0.25) is 0 Å². The van der Waals surface area contributed by atoms with E-state index in [1.165, 1.54) is 6.26 Å². The number of hydrogen-bond donors (Lipinski definition) is 3. The molecule has 2 rings (SSSR count). The summed E-state index contributed by atoms with van der Waals surface area (Å²) in [7, 11) is 0. The number of carbonyl (C=O) groups excluding carboxylic acids is 2. The number of nitrogens with one attached hydrogen (secondary N) is 2. The lowest BCUT2D eigenvalue weighted by Crippen LogP contribution is -2.46. The molecule has 8 heteroatoms. The predicted octanol–water partition coefficient (Wildman–Crippen LogP) is 2.11. The second-order valence-electron chi connectivity index (χ2n) is 5.90. The van der Waals surface area contributed by atoms with E-state index in [2.05, 4.69) is 15.6 Å². The molecule has 0 saturated heterocycles. The van der Waals surface area contributed by atoms with E-state index in [1.807, 2.05) is 26.8 Å². The predicted molar refractivity (Wildman–Crippen MR) is 98.4 cm³/mol. The van der Waals surface area contributed by atoms with E-state index in [9.17, 15) is 9.59 Å². The van der Waals surface area contributed by atoms with Gasteiger partial charge >= 0.3 is 0 Å². The van der Waals surface area contributed by atoms with Gasteiger partial charge in [-0.15, -0.1) is 12.4 Å². The van der Waals surface area contributed by atoms with E-state index in [-0.39, 0.29) is 36.7 Å². The summed E-state index contributed by atoms with van der Waals surface area (Å²) in [5.74, 6) is -0.181. The molecule has 1 atom stereocenters. The number of amides is 2. The molecular weight excluding hydrogens is 344 g/mol. The van der Waals surface area contributed by atoms with Gasteiger partial charge in [0.15, 0.2) is 0 Å². The molecule has 0 aliphatic carbocycles. The van der Waals surface area contributed by atoms with Crippen molar-refractivity contribution in [3.8, 4) is 11.5 Å². The highest BCUT2D eigenvalue weighted by atomic mass is 35.5. The van der Waals surface area contributed by atoms with Crippen LogP contribution in [0.25, 0.3) is 11.5 Å². The van der Waals surface area contributed by atoms with Crippen LogP contribution in [0.1, 0.15) is 19.4 Å². The zero-order valence-corrected chi connectivity index (χ0v) is 15.2. The minimum Gasteiger partial charge on any atom is -0.445 e. The molecule has 4 N–H and O–H groups in total. The summed E-state index contributed by atoms with van der Waals surface area (Å²) >= 11 is 0. The SMILES string of the molecule is Cc1ccc(NC(=O)CNC(=O)[C@@H](N)C(C)C)cc1-c1ncco1.Cl. The van der Waals surface area contributed by atoms with Crippen molar-refractivity contribution < 1.29 is 14.0 Å². The highest BCUT2D eigenvalue weighted by Gasteiger charge is 2.17. The number of oxazole rings is 1. The van der Waals surface area contributed by atoms with Crippen LogP contribution in [-0.4, -0.2) is 29.4 Å². The molecule has 0 aliphatic rings. The van der Waals surface area contributed by atoms with E-state index in [0.29, 0.717) is 11.6 Å². The average molecular weight is 367 g/mol. The fourth-order valence-corrected chi connectivity index (χ4v) is 2.08. The number of benzene rings is 1. The molecule has 1 aromatic heterocycles. The first-order chi connectivity index (χ1) is 11.4. The molecule has 2 aromatic rings. The maximum atomic E-state index is 12.0. The monoisotopic (exact) mass is 366 g/mol. The Morgan fingerprint density at radius 2 is 2.04 bits per heavy atom. The Kier molecular flexibility index (Phi) is 7.60. The third-order valence-electron chi connectivity index (χ3n) is 3.63. The van der Waals surface area contributed by atoms with Gasteiger partial charge < -0.3 is 20.8 Å². The minimum atomic E-state index is -0.631. The molecule has 136 valence electrons. The molecule has 0 spiro atoms. The van der Waals surface area contributed by atoms with Gasteiger partial charge in [0.1, 0.15) is 6.26 Å². The minimum absolute atomic E-state index is 0. The quantitative estimate of drug-likeness (QED) is 0.725. The number of aryl methyl sites for hydroxylation is 1. The highest BCUT2D eigenvalue weighted by molar-refractivity contribution is 5.95. The number of aromatic nitrogens is 1. The highest BCUT2D eigenvalue weighted by Crippen LogP contribution is 2.25.